The standard InChI is InChI=1S/C10H21N3O/c11-10(9-1-2-12-7-9)8-13-3-5-14-6-4-13/h9-10,12H,1-8,11H2. The van der Waals surface area contributed by atoms with E-state index in [4.69, 9.17) is 10.5 Å². The minimum absolute atomic E-state index is 0.336. The van der Waals surface area contributed by atoms with Crippen molar-refractivity contribution in [3.05, 3.63) is 0 Å². The Morgan fingerprint density at radius 1 is 1.43 bits per heavy atom. The van der Waals surface area contributed by atoms with Gasteiger partial charge in [0.25, 0.3) is 0 Å². The predicted octanol–water partition coefficient (Wildman–Crippen LogP) is -0.745. The van der Waals surface area contributed by atoms with Crippen molar-refractivity contribution in [3.63, 3.8) is 0 Å². The molecule has 2 unspecified atom stereocenters. The minimum Gasteiger partial charge on any atom is -0.379 e. The summed E-state index contributed by atoms with van der Waals surface area (Å²) >= 11 is 0. The molecule has 0 aromatic rings. The van der Waals surface area contributed by atoms with Crippen molar-refractivity contribution in [1.82, 2.24) is 10.2 Å². The number of morpholine rings is 1. The van der Waals surface area contributed by atoms with Crippen LogP contribution in [0.2, 0.25) is 0 Å². The fraction of sp³-hybridized carbons (Fsp3) is 1.00. The van der Waals surface area contributed by atoms with Crippen LogP contribution in [0.4, 0.5) is 0 Å². The predicted molar refractivity (Wildman–Crippen MR) is 56.2 cm³/mol. The summed E-state index contributed by atoms with van der Waals surface area (Å²) in [4.78, 5) is 2.42. The molecule has 4 nitrogen and oxygen atoms in total. The first-order chi connectivity index (χ1) is 6.86. The second-order valence-corrected chi connectivity index (χ2v) is 4.33. The fourth-order valence-electron chi connectivity index (χ4n) is 2.27. The summed E-state index contributed by atoms with van der Waals surface area (Å²) in [7, 11) is 0. The molecule has 2 fully saturated rings. The smallest absolute Gasteiger partial charge is 0.0594 e. The van der Waals surface area contributed by atoms with Gasteiger partial charge in [-0.25, -0.2) is 0 Å². The Balaban J connectivity index is 1.72. The Kier molecular flexibility index (Phi) is 3.75. The molecule has 2 atom stereocenters. The number of nitrogens with one attached hydrogen (secondary N) is 1. The van der Waals surface area contributed by atoms with Crippen LogP contribution in [0.15, 0.2) is 0 Å². The minimum atomic E-state index is 0.336. The van der Waals surface area contributed by atoms with Gasteiger partial charge >= 0.3 is 0 Å². The Morgan fingerprint density at radius 3 is 2.86 bits per heavy atom. The van der Waals surface area contributed by atoms with Gasteiger partial charge in [-0.05, 0) is 25.4 Å². The van der Waals surface area contributed by atoms with E-state index >= 15 is 0 Å². The van der Waals surface area contributed by atoms with E-state index in [-0.39, 0.29) is 0 Å². The molecule has 0 aromatic heterocycles. The average Bonchev–Trinajstić information content (AvgIpc) is 2.72. The lowest BCUT2D eigenvalue weighted by Crippen LogP contribution is -2.47. The molecule has 2 saturated heterocycles. The molecule has 2 aliphatic rings. The first-order valence-corrected chi connectivity index (χ1v) is 5.62. The molecular weight excluding hydrogens is 178 g/mol. The van der Waals surface area contributed by atoms with Crippen molar-refractivity contribution in [2.45, 2.75) is 12.5 Å². The molecule has 2 rings (SSSR count). The van der Waals surface area contributed by atoms with Gasteiger partial charge in [0, 0.05) is 25.7 Å². The lowest BCUT2D eigenvalue weighted by molar-refractivity contribution is 0.0329. The van der Waals surface area contributed by atoms with Crippen LogP contribution in [0.5, 0.6) is 0 Å². The van der Waals surface area contributed by atoms with Gasteiger partial charge < -0.3 is 15.8 Å². The van der Waals surface area contributed by atoms with Crippen LogP contribution in [0.3, 0.4) is 0 Å². The zero-order chi connectivity index (χ0) is 9.80. The summed E-state index contributed by atoms with van der Waals surface area (Å²) in [6.45, 7) is 7.12. The number of hydrogen-bond acceptors (Lipinski definition) is 4. The Labute approximate surface area is 85.8 Å². The molecule has 14 heavy (non-hydrogen) atoms. The zero-order valence-corrected chi connectivity index (χ0v) is 8.74. The number of hydrogen-bond donors (Lipinski definition) is 2. The number of ether oxygens (including phenoxy) is 1. The summed E-state index contributed by atoms with van der Waals surface area (Å²) in [6.07, 6.45) is 1.24. The molecule has 0 amide bonds. The van der Waals surface area contributed by atoms with E-state index in [1.165, 1.54) is 6.42 Å². The van der Waals surface area contributed by atoms with Crippen LogP contribution in [0.1, 0.15) is 6.42 Å². The third kappa shape index (κ3) is 2.67. The third-order valence-corrected chi connectivity index (χ3v) is 3.28. The first-order valence-electron chi connectivity index (χ1n) is 5.62. The maximum atomic E-state index is 6.19. The zero-order valence-electron chi connectivity index (χ0n) is 8.74. The van der Waals surface area contributed by atoms with E-state index < -0.39 is 0 Å². The van der Waals surface area contributed by atoms with Gasteiger partial charge in [0.1, 0.15) is 0 Å². The highest BCUT2D eigenvalue weighted by atomic mass is 16.5. The van der Waals surface area contributed by atoms with E-state index in [0.717, 1.165) is 45.9 Å². The van der Waals surface area contributed by atoms with Crippen molar-refractivity contribution < 1.29 is 4.74 Å². The molecule has 0 spiro atoms. The summed E-state index contributed by atoms with van der Waals surface area (Å²) in [5, 5.41) is 3.37. The second-order valence-electron chi connectivity index (χ2n) is 4.33. The molecule has 0 saturated carbocycles. The van der Waals surface area contributed by atoms with E-state index in [2.05, 4.69) is 10.2 Å². The fourth-order valence-corrected chi connectivity index (χ4v) is 2.27. The summed E-state index contributed by atoms with van der Waals surface area (Å²) in [6, 6.07) is 0.336. The van der Waals surface area contributed by atoms with Crippen LogP contribution in [0, 0.1) is 5.92 Å². The van der Waals surface area contributed by atoms with Crippen molar-refractivity contribution in [1.29, 1.82) is 0 Å². The summed E-state index contributed by atoms with van der Waals surface area (Å²) in [5.74, 6) is 0.679. The molecule has 4 heteroatoms. The summed E-state index contributed by atoms with van der Waals surface area (Å²) in [5.41, 5.74) is 6.19. The lowest BCUT2D eigenvalue weighted by atomic mass is 9.99. The monoisotopic (exact) mass is 199 g/mol. The highest BCUT2D eigenvalue weighted by Gasteiger charge is 2.24. The van der Waals surface area contributed by atoms with Crippen LogP contribution in [-0.2, 0) is 4.74 Å². The van der Waals surface area contributed by atoms with Gasteiger partial charge in [0.2, 0.25) is 0 Å². The Hall–Kier alpha value is -0.160. The molecule has 82 valence electrons. The Bertz CT molecular complexity index is 165. The van der Waals surface area contributed by atoms with E-state index in [0.29, 0.717) is 12.0 Å². The number of nitrogens with two attached hydrogens (primary N) is 1. The second kappa shape index (κ2) is 5.07. The van der Waals surface area contributed by atoms with Crippen LogP contribution in [-0.4, -0.2) is 56.9 Å². The number of nitrogens with zero attached hydrogens (tertiary/aromatic N) is 1. The highest BCUT2D eigenvalue weighted by Crippen LogP contribution is 2.12. The van der Waals surface area contributed by atoms with Crippen LogP contribution in [0.25, 0.3) is 0 Å². The van der Waals surface area contributed by atoms with Crippen molar-refractivity contribution in [2.24, 2.45) is 11.7 Å². The van der Waals surface area contributed by atoms with Gasteiger partial charge in [-0.3, -0.25) is 4.90 Å². The van der Waals surface area contributed by atoms with Crippen LogP contribution >= 0.6 is 0 Å². The van der Waals surface area contributed by atoms with Crippen molar-refractivity contribution >= 4 is 0 Å². The summed E-state index contributed by atoms with van der Waals surface area (Å²) < 4.78 is 5.31. The molecule has 0 aromatic carbocycles. The van der Waals surface area contributed by atoms with E-state index in [9.17, 15) is 0 Å². The lowest BCUT2D eigenvalue weighted by Gasteiger charge is -2.30. The van der Waals surface area contributed by atoms with Gasteiger partial charge in [-0.2, -0.15) is 0 Å². The third-order valence-electron chi connectivity index (χ3n) is 3.28. The van der Waals surface area contributed by atoms with E-state index in [1.807, 2.05) is 0 Å². The number of rotatable bonds is 3. The maximum absolute atomic E-state index is 6.19. The Morgan fingerprint density at radius 2 is 2.21 bits per heavy atom. The molecule has 0 radical (unpaired) electrons. The molecule has 2 aliphatic heterocycles. The molecule has 0 bridgehead atoms. The maximum Gasteiger partial charge on any atom is 0.0594 e. The van der Waals surface area contributed by atoms with Gasteiger partial charge in [0.15, 0.2) is 0 Å². The topological polar surface area (TPSA) is 50.5 Å². The highest BCUT2D eigenvalue weighted by molar-refractivity contribution is 4.83. The quantitative estimate of drug-likeness (QED) is 0.628. The molecule has 3 N–H and O–H groups in total. The van der Waals surface area contributed by atoms with Gasteiger partial charge in [-0.1, -0.05) is 0 Å². The van der Waals surface area contributed by atoms with Crippen molar-refractivity contribution in [2.75, 3.05) is 45.9 Å². The van der Waals surface area contributed by atoms with E-state index in [1.54, 1.807) is 0 Å². The van der Waals surface area contributed by atoms with Crippen LogP contribution < -0.4 is 11.1 Å². The van der Waals surface area contributed by atoms with Gasteiger partial charge in [0.05, 0.1) is 13.2 Å². The first kappa shape index (κ1) is 10.4. The van der Waals surface area contributed by atoms with Gasteiger partial charge in [-0.15, -0.1) is 0 Å². The van der Waals surface area contributed by atoms with Crippen molar-refractivity contribution in [3.8, 4) is 0 Å². The molecule has 2 heterocycles. The SMILES string of the molecule is NC(CN1CCOCC1)C1CCNC1. The molecular formula is C10H21N3O. The normalized spacial score (nSPS) is 31.9. The average molecular weight is 199 g/mol. The largest absolute Gasteiger partial charge is 0.379 e. The molecule has 0 aliphatic carbocycles.